The van der Waals surface area contributed by atoms with E-state index in [0.717, 1.165) is 18.6 Å². The maximum atomic E-state index is 10.0. The Morgan fingerprint density at radius 3 is 2.36 bits per heavy atom. The van der Waals surface area contributed by atoms with Gasteiger partial charge in [0.25, 0.3) is 0 Å². The van der Waals surface area contributed by atoms with Crippen molar-refractivity contribution >= 4 is 6.29 Å². The summed E-state index contributed by atoms with van der Waals surface area (Å²) in [6.07, 6.45) is 6.77. The van der Waals surface area contributed by atoms with E-state index in [0.29, 0.717) is 5.92 Å². The molecular formula is C10H18O. The Kier molecular flexibility index (Phi) is 5.81. The zero-order valence-electron chi connectivity index (χ0n) is 7.71. The van der Waals surface area contributed by atoms with Crippen LogP contribution in [-0.4, -0.2) is 6.29 Å². The van der Waals surface area contributed by atoms with Crippen LogP contribution in [0.3, 0.4) is 0 Å². The molecule has 1 unspecified atom stereocenters. The average molecular weight is 154 g/mol. The molecule has 0 heterocycles. The van der Waals surface area contributed by atoms with E-state index in [-0.39, 0.29) is 0 Å². The number of carbonyl (C=O) groups is 1. The molecule has 0 aromatic rings. The minimum atomic E-state index is 0.584. The fraction of sp³-hybridized carbons (Fsp3) is 0.700. The lowest BCUT2D eigenvalue weighted by molar-refractivity contribution is -0.104. The van der Waals surface area contributed by atoms with E-state index < -0.39 is 0 Å². The van der Waals surface area contributed by atoms with Gasteiger partial charge >= 0.3 is 0 Å². The Morgan fingerprint density at radius 2 is 2.00 bits per heavy atom. The van der Waals surface area contributed by atoms with Crippen molar-refractivity contribution in [3.05, 3.63) is 12.2 Å². The number of aldehydes is 1. The van der Waals surface area contributed by atoms with Crippen LogP contribution < -0.4 is 0 Å². The summed E-state index contributed by atoms with van der Waals surface area (Å²) in [5, 5.41) is 0. The summed E-state index contributed by atoms with van der Waals surface area (Å²) in [6, 6.07) is 0. The van der Waals surface area contributed by atoms with E-state index in [1.807, 2.05) is 6.08 Å². The fourth-order valence-electron chi connectivity index (χ4n) is 1.19. The molecule has 1 atom stereocenters. The summed E-state index contributed by atoms with van der Waals surface area (Å²) < 4.78 is 0. The second-order valence-corrected chi connectivity index (χ2v) is 3.32. The minimum absolute atomic E-state index is 0.584. The molecule has 0 saturated heterocycles. The van der Waals surface area contributed by atoms with Crippen molar-refractivity contribution in [2.45, 2.75) is 33.6 Å². The standard InChI is InChI=1S/C10H18O/c1-4-10(6-5-7-11)8-9(2)3/h5-7,9-10H,4,8H2,1-3H3/b6-5+. The van der Waals surface area contributed by atoms with Crippen LogP contribution in [0.25, 0.3) is 0 Å². The summed E-state index contributed by atoms with van der Waals surface area (Å²) in [7, 11) is 0. The van der Waals surface area contributed by atoms with Crippen molar-refractivity contribution in [3.8, 4) is 0 Å². The lowest BCUT2D eigenvalue weighted by atomic mass is 9.94. The molecule has 0 rings (SSSR count). The summed E-state index contributed by atoms with van der Waals surface area (Å²) in [6.45, 7) is 6.57. The van der Waals surface area contributed by atoms with Gasteiger partial charge in [0.2, 0.25) is 0 Å². The van der Waals surface area contributed by atoms with Gasteiger partial charge < -0.3 is 0 Å². The molecule has 0 aliphatic heterocycles. The van der Waals surface area contributed by atoms with Gasteiger partial charge in [0.05, 0.1) is 0 Å². The second-order valence-electron chi connectivity index (χ2n) is 3.32. The highest BCUT2D eigenvalue weighted by Crippen LogP contribution is 2.15. The van der Waals surface area contributed by atoms with Gasteiger partial charge in [-0.25, -0.2) is 0 Å². The van der Waals surface area contributed by atoms with E-state index in [1.165, 1.54) is 6.42 Å². The molecule has 1 nitrogen and oxygen atoms in total. The third-order valence-corrected chi connectivity index (χ3v) is 1.76. The van der Waals surface area contributed by atoms with Crippen LogP contribution in [0.4, 0.5) is 0 Å². The fourth-order valence-corrected chi connectivity index (χ4v) is 1.19. The molecule has 0 aromatic carbocycles. The number of allylic oxidation sites excluding steroid dienone is 2. The first-order valence-electron chi connectivity index (χ1n) is 4.32. The SMILES string of the molecule is CCC(/C=C/C=O)CC(C)C. The van der Waals surface area contributed by atoms with Gasteiger partial charge in [0.1, 0.15) is 6.29 Å². The van der Waals surface area contributed by atoms with Gasteiger partial charge in [0.15, 0.2) is 0 Å². The molecule has 0 saturated carbocycles. The first kappa shape index (κ1) is 10.4. The number of carbonyl (C=O) groups excluding carboxylic acids is 1. The first-order chi connectivity index (χ1) is 5.20. The van der Waals surface area contributed by atoms with Crippen molar-refractivity contribution in [2.24, 2.45) is 11.8 Å². The van der Waals surface area contributed by atoms with Crippen LogP contribution in [0.5, 0.6) is 0 Å². The molecule has 0 aliphatic carbocycles. The third kappa shape index (κ3) is 5.84. The third-order valence-electron chi connectivity index (χ3n) is 1.76. The van der Waals surface area contributed by atoms with E-state index in [4.69, 9.17) is 0 Å². The van der Waals surface area contributed by atoms with Gasteiger partial charge in [-0.3, -0.25) is 4.79 Å². The van der Waals surface area contributed by atoms with Gasteiger partial charge in [-0.1, -0.05) is 26.8 Å². The highest BCUT2D eigenvalue weighted by Gasteiger charge is 2.03. The van der Waals surface area contributed by atoms with Crippen LogP contribution in [0.2, 0.25) is 0 Å². The van der Waals surface area contributed by atoms with Crippen LogP contribution in [0.15, 0.2) is 12.2 Å². The topological polar surface area (TPSA) is 17.1 Å². The molecule has 1 heteroatoms. The monoisotopic (exact) mass is 154 g/mol. The molecule has 0 spiro atoms. The lowest BCUT2D eigenvalue weighted by Gasteiger charge is -2.11. The zero-order valence-corrected chi connectivity index (χ0v) is 7.71. The van der Waals surface area contributed by atoms with Gasteiger partial charge in [0, 0.05) is 0 Å². The van der Waals surface area contributed by atoms with Crippen LogP contribution in [-0.2, 0) is 4.79 Å². The molecular weight excluding hydrogens is 136 g/mol. The van der Waals surface area contributed by atoms with Crippen LogP contribution >= 0.6 is 0 Å². The predicted molar refractivity (Wildman–Crippen MR) is 48.4 cm³/mol. The minimum Gasteiger partial charge on any atom is -0.299 e. The van der Waals surface area contributed by atoms with E-state index in [1.54, 1.807) is 6.08 Å². The van der Waals surface area contributed by atoms with Crippen LogP contribution in [0.1, 0.15) is 33.6 Å². The van der Waals surface area contributed by atoms with E-state index in [2.05, 4.69) is 20.8 Å². The molecule has 0 radical (unpaired) electrons. The Labute approximate surface area is 69.5 Å². The quantitative estimate of drug-likeness (QED) is 0.439. The Bertz CT molecular complexity index is 125. The summed E-state index contributed by atoms with van der Waals surface area (Å²) >= 11 is 0. The van der Waals surface area contributed by atoms with E-state index >= 15 is 0 Å². The Balaban J connectivity index is 3.75. The number of hydrogen-bond acceptors (Lipinski definition) is 1. The van der Waals surface area contributed by atoms with Crippen molar-refractivity contribution in [1.82, 2.24) is 0 Å². The first-order valence-corrected chi connectivity index (χ1v) is 4.32. The Morgan fingerprint density at radius 1 is 1.36 bits per heavy atom. The van der Waals surface area contributed by atoms with Gasteiger partial charge in [-0.15, -0.1) is 0 Å². The molecule has 0 bridgehead atoms. The molecule has 0 aromatic heterocycles. The molecule has 0 aliphatic rings. The summed E-state index contributed by atoms with van der Waals surface area (Å²) in [4.78, 5) is 10.0. The molecule has 0 N–H and O–H groups in total. The molecule has 0 fully saturated rings. The van der Waals surface area contributed by atoms with Crippen molar-refractivity contribution in [2.75, 3.05) is 0 Å². The second kappa shape index (κ2) is 6.14. The summed E-state index contributed by atoms with van der Waals surface area (Å²) in [5.74, 6) is 1.30. The maximum Gasteiger partial charge on any atom is 0.142 e. The van der Waals surface area contributed by atoms with Crippen molar-refractivity contribution < 1.29 is 4.79 Å². The van der Waals surface area contributed by atoms with Gasteiger partial charge in [-0.05, 0) is 30.8 Å². The van der Waals surface area contributed by atoms with Crippen molar-refractivity contribution in [1.29, 1.82) is 0 Å². The van der Waals surface area contributed by atoms with Crippen molar-refractivity contribution in [3.63, 3.8) is 0 Å². The predicted octanol–water partition coefficient (Wildman–Crippen LogP) is 2.81. The smallest absolute Gasteiger partial charge is 0.142 e. The maximum absolute atomic E-state index is 10.0. The zero-order chi connectivity index (χ0) is 8.69. The largest absolute Gasteiger partial charge is 0.299 e. The molecule has 64 valence electrons. The Hall–Kier alpha value is -0.590. The normalized spacial score (nSPS) is 14.2. The highest BCUT2D eigenvalue weighted by atomic mass is 16.1. The molecule has 11 heavy (non-hydrogen) atoms. The van der Waals surface area contributed by atoms with Gasteiger partial charge in [-0.2, -0.15) is 0 Å². The highest BCUT2D eigenvalue weighted by molar-refractivity contribution is 5.64. The average Bonchev–Trinajstić information content (AvgIpc) is 1.97. The number of rotatable bonds is 5. The number of hydrogen-bond donors (Lipinski definition) is 0. The van der Waals surface area contributed by atoms with E-state index in [9.17, 15) is 4.79 Å². The van der Waals surface area contributed by atoms with Crippen LogP contribution in [0, 0.1) is 11.8 Å². The lowest BCUT2D eigenvalue weighted by Crippen LogP contribution is -1.99. The summed E-state index contributed by atoms with van der Waals surface area (Å²) in [5.41, 5.74) is 0. The molecule has 0 amide bonds.